The third-order valence-electron chi connectivity index (χ3n) is 7.01. The summed E-state index contributed by atoms with van der Waals surface area (Å²) in [4.78, 5) is 17.2. The van der Waals surface area contributed by atoms with E-state index in [0.717, 1.165) is 40.5 Å². The zero-order valence-corrected chi connectivity index (χ0v) is 21.1. The number of hydrazone groups is 1. The van der Waals surface area contributed by atoms with Crippen molar-refractivity contribution >= 4 is 39.8 Å². The van der Waals surface area contributed by atoms with Crippen molar-refractivity contribution in [1.82, 2.24) is 9.58 Å². The van der Waals surface area contributed by atoms with Gasteiger partial charge in [-0.05, 0) is 79.8 Å². The van der Waals surface area contributed by atoms with Gasteiger partial charge in [0, 0.05) is 23.0 Å². The van der Waals surface area contributed by atoms with Crippen LogP contribution in [-0.2, 0) is 4.79 Å². The number of hydrogen-bond donors (Lipinski definition) is 1. The Balaban J connectivity index is 1.45. The van der Waals surface area contributed by atoms with E-state index in [-0.39, 0.29) is 17.3 Å². The van der Waals surface area contributed by atoms with Gasteiger partial charge < -0.3 is 4.57 Å². The van der Waals surface area contributed by atoms with E-state index in [9.17, 15) is 4.79 Å². The fraction of sp³-hybridized carbons (Fsp3) is 0.407. The molecule has 1 aromatic carbocycles. The second kappa shape index (κ2) is 9.02. The zero-order chi connectivity index (χ0) is 24.0. The van der Waals surface area contributed by atoms with Gasteiger partial charge in [0.1, 0.15) is 5.04 Å². The number of carbonyl (C=O) groups is 1. The summed E-state index contributed by atoms with van der Waals surface area (Å²) in [6.07, 6.45) is 7.76. The standard InChI is InChI=1S/C27H31N5OS/c1-16(2)19-10-12-22(13-11-19)31-17(3)14-21(18(31)4)15-23-24(28)32-27(29-25(23)33)34-26(30-32)20-8-6-5-7-9-20/h10-16,20,28H,5-9H2,1-4H3. The van der Waals surface area contributed by atoms with Gasteiger partial charge in [-0.1, -0.05) is 45.2 Å². The van der Waals surface area contributed by atoms with Gasteiger partial charge in [-0.15, -0.1) is 0 Å². The van der Waals surface area contributed by atoms with Crippen LogP contribution in [0.25, 0.3) is 11.8 Å². The lowest BCUT2D eigenvalue weighted by Crippen LogP contribution is -2.35. The number of rotatable bonds is 4. The highest BCUT2D eigenvalue weighted by Crippen LogP contribution is 2.36. The van der Waals surface area contributed by atoms with Crippen LogP contribution in [0.4, 0.5) is 0 Å². The molecule has 0 bridgehead atoms. The Morgan fingerprint density at radius 3 is 2.50 bits per heavy atom. The molecule has 1 aliphatic carbocycles. The first-order valence-electron chi connectivity index (χ1n) is 12.1. The second-order valence-corrected chi connectivity index (χ2v) is 10.7. The lowest BCUT2D eigenvalue weighted by atomic mass is 9.90. The normalized spacial score (nSPS) is 20.3. The zero-order valence-electron chi connectivity index (χ0n) is 20.3. The first-order chi connectivity index (χ1) is 16.3. The lowest BCUT2D eigenvalue weighted by molar-refractivity contribution is -0.114. The van der Waals surface area contributed by atoms with Gasteiger partial charge in [-0.2, -0.15) is 15.1 Å². The van der Waals surface area contributed by atoms with Gasteiger partial charge in [0.05, 0.1) is 5.57 Å². The van der Waals surface area contributed by atoms with Crippen molar-refractivity contribution < 1.29 is 4.79 Å². The fourth-order valence-corrected chi connectivity index (χ4v) is 6.08. The largest absolute Gasteiger partial charge is 0.318 e. The van der Waals surface area contributed by atoms with Crippen molar-refractivity contribution in [3.63, 3.8) is 0 Å². The molecule has 3 heterocycles. The summed E-state index contributed by atoms with van der Waals surface area (Å²) >= 11 is 1.46. The fourth-order valence-electron chi connectivity index (χ4n) is 5.02. The molecule has 0 saturated heterocycles. The van der Waals surface area contributed by atoms with Crippen LogP contribution in [-0.4, -0.2) is 31.5 Å². The number of benzene rings is 1. The van der Waals surface area contributed by atoms with Gasteiger partial charge in [-0.3, -0.25) is 10.2 Å². The molecular formula is C27H31N5OS. The second-order valence-electron chi connectivity index (χ2n) is 9.70. The maximum Gasteiger partial charge on any atom is 0.283 e. The van der Waals surface area contributed by atoms with Crippen molar-refractivity contribution in [2.45, 2.75) is 65.7 Å². The minimum absolute atomic E-state index is 0.111. The van der Waals surface area contributed by atoms with E-state index < -0.39 is 0 Å². The van der Waals surface area contributed by atoms with Crippen LogP contribution in [0.3, 0.4) is 0 Å². The molecule has 1 saturated carbocycles. The molecule has 0 radical (unpaired) electrons. The number of fused-ring (bicyclic) bond motifs is 1. The summed E-state index contributed by atoms with van der Waals surface area (Å²) in [6.45, 7) is 8.49. The predicted molar refractivity (Wildman–Crippen MR) is 141 cm³/mol. The van der Waals surface area contributed by atoms with Crippen molar-refractivity contribution in [2.75, 3.05) is 0 Å². The molecule has 5 rings (SSSR count). The van der Waals surface area contributed by atoms with Crippen molar-refractivity contribution in [2.24, 2.45) is 16.0 Å². The first-order valence-corrected chi connectivity index (χ1v) is 12.9. The number of amides is 1. The summed E-state index contributed by atoms with van der Waals surface area (Å²) < 4.78 is 2.19. The highest BCUT2D eigenvalue weighted by molar-refractivity contribution is 8.27. The Morgan fingerprint density at radius 2 is 1.82 bits per heavy atom. The molecule has 2 aliphatic heterocycles. The van der Waals surface area contributed by atoms with Gasteiger partial charge in [0.2, 0.25) is 5.17 Å². The number of nitrogens with zero attached hydrogens (tertiary/aromatic N) is 4. The number of thioether (sulfide) groups is 1. The average Bonchev–Trinajstić information content (AvgIpc) is 3.37. The van der Waals surface area contributed by atoms with E-state index in [4.69, 9.17) is 10.5 Å². The minimum atomic E-state index is -0.366. The molecule has 6 nitrogen and oxygen atoms in total. The monoisotopic (exact) mass is 473 g/mol. The highest BCUT2D eigenvalue weighted by atomic mass is 32.2. The molecule has 1 amide bonds. The van der Waals surface area contributed by atoms with Crippen molar-refractivity contribution in [1.29, 1.82) is 5.41 Å². The first kappa shape index (κ1) is 22.8. The van der Waals surface area contributed by atoms with Crippen molar-refractivity contribution in [3.05, 3.63) is 58.4 Å². The number of carbonyl (C=O) groups excluding carboxylic acids is 1. The third-order valence-corrected chi connectivity index (χ3v) is 8.08. The third kappa shape index (κ3) is 4.06. The number of nitrogens with one attached hydrogen (secondary N) is 1. The molecule has 176 valence electrons. The number of aryl methyl sites for hydroxylation is 1. The van der Waals surface area contributed by atoms with Crippen LogP contribution in [0.5, 0.6) is 0 Å². The van der Waals surface area contributed by atoms with E-state index in [0.29, 0.717) is 17.0 Å². The number of aliphatic imine (C=N–C) groups is 1. The Morgan fingerprint density at radius 1 is 1.12 bits per heavy atom. The SMILES string of the molecule is Cc1cc(C=C2C(=N)N3N=C(C4CCCCC4)SC3=NC2=O)c(C)n1-c1ccc(C(C)C)cc1. The van der Waals surface area contributed by atoms with Crippen LogP contribution in [0.2, 0.25) is 0 Å². The molecule has 0 unspecified atom stereocenters. The number of amidine groups is 2. The Hall–Kier alpha value is -2.93. The smallest absolute Gasteiger partial charge is 0.283 e. The van der Waals surface area contributed by atoms with E-state index in [1.807, 2.05) is 6.92 Å². The maximum atomic E-state index is 12.9. The quantitative estimate of drug-likeness (QED) is 0.521. The van der Waals surface area contributed by atoms with Gasteiger partial charge >= 0.3 is 0 Å². The van der Waals surface area contributed by atoms with E-state index in [2.05, 4.69) is 60.7 Å². The molecule has 1 fully saturated rings. The highest BCUT2D eigenvalue weighted by Gasteiger charge is 2.38. The summed E-state index contributed by atoms with van der Waals surface area (Å²) in [5.41, 5.74) is 5.70. The van der Waals surface area contributed by atoms with Gasteiger partial charge in [0.15, 0.2) is 5.84 Å². The Kier molecular flexibility index (Phi) is 6.06. The minimum Gasteiger partial charge on any atom is -0.318 e. The van der Waals surface area contributed by atoms with E-state index >= 15 is 0 Å². The Labute approximate surface area is 205 Å². The van der Waals surface area contributed by atoms with Crippen LogP contribution >= 0.6 is 11.8 Å². The molecule has 1 N–H and O–H groups in total. The van der Waals surface area contributed by atoms with E-state index in [1.165, 1.54) is 36.6 Å². The van der Waals surface area contributed by atoms with Crippen LogP contribution in [0, 0.1) is 25.2 Å². The average molecular weight is 474 g/mol. The molecule has 0 atom stereocenters. The molecule has 7 heteroatoms. The van der Waals surface area contributed by atoms with Gasteiger partial charge in [-0.25, -0.2) is 0 Å². The molecule has 34 heavy (non-hydrogen) atoms. The maximum absolute atomic E-state index is 12.9. The van der Waals surface area contributed by atoms with Crippen molar-refractivity contribution in [3.8, 4) is 5.69 Å². The summed E-state index contributed by atoms with van der Waals surface area (Å²) in [5, 5.41) is 16.5. The molecular weight excluding hydrogens is 442 g/mol. The van der Waals surface area contributed by atoms with E-state index in [1.54, 1.807) is 11.1 Å². The molecule has 1 aromatic heterocycles. The topological polar surface area (TPSA) is 73.8 Å². The number of hydrogen-bond acceptors (Lipinski definition) is 4. The molecule has 2 aromatic rings. The predicted octanol–water partition coefficient (Wildman–Crippen LogP) is 6.42. The molecule has 0 spiro atoms. The summed E-state index contributed by atoms with van der Waals surface area (Å²) in [6, 6.07) is 10.7. The molecule has 3 aliphatic rings. The Bertz CT molecular complexity index is 1240. The van der Waals surface area contributed by atoms with Crippen LogP contribution in [0.1, 0.15) is 74.4 Å². The van der Waals surface area contributed by atoms with Crippen LogP contribution < -0.4 is 0 Å². The summed E-state index contributed by atoms with van der Waals surface area (Å²) in [5.74, 6) is 0.651. The van der Waals surface area contributed by atoms with Crippen LogP contribution in [0.15, 0.2) is 46.0 Å². The number of aromatic nitrogens is 1. The lowest BCUT2D eigenvalue weighted by Gasteiger charge is -2.20. The summed E-state index contributed by atoms with van der Waals surface area (Å²) in [7, 11) is 0. The van der Waals surface area contributed by atoms with Gasteiger partial charge in [0.25, 0.3) is 5.91 Å².